The van der Waals surface area contributed by atoms with Crippen molar-refractivity contribution < 1.29 is 14.6 Å². The van der Waals surface area contributed by atoms with Gasteiger partial charge >= 0.3 is 5.97 Å². The van der Waals surface area contributed by atoms with Gasteiger partial charge in [0.1, 0.15) is 5.75 Å². The van der Waals surface area contributed by atoms with E-state index in [-0.39, 0.29) is 12.0 Å². The maximum Gasteiger partial charge on any atom is 0.341 e. The van der Waals surface area contributed by atoms with Crippen molar-refractivity contribution in [2.75, 3.05) is 6.61 Å². The summed E-state index contributed by atoms with van der Waals surface area (Å²) in [5, 5.41) is 8.69. The summed E-state index contributed by atoms with van der Waals surface area (Å²) in [5.74, 6) is -0.232. The van der Waals surface area contributed by atoms with Gasteiger partial charge < -0.3 is 9.84 Å². The lowest BCUT2D eigenvalue weighted by atomic mass is 9.84. The molecule has 1 rings (SSSR count). The van der Waals surface area contributed by atoms with Crippen LogP contribution in [0.25, 0.3) is 0 Å². The lowest BCUT2D eigenvalue weighted by Gasteiger charge is -2.22. The maximum absolute atomic E-state index is 10.6. The second-order valence-electron chi connectivity index (χ2n) is 5.57. The minimum absolute atomic E-state index is 0.0833. The number of hydrogen-bond donors (Lipinski definition) is 1. The summed E-state index contributed by atoms with van der Waals surface area (Å²) in [6.07, 6.45) is 0.833. The fourth-order valence-corrected chi connectivity index (χ4v) is 1.88. The van der Waals surface area contributed by atoms with E-state index in [1.54, 1.807) is 0 Å². The minimum Gasteiger partial charge on any atom is -0.481 e. The van der Waals surface area contributed by atoms with Crippen LogP contribution < -0.4 is 4.74 Å². The van der Waals surface area contributed by atoms with Crippen molar-refractivity contribution in [3.63, 3.8) is 0 Å². The number of aryl methyl sites for hydroxylation is 2. The molecule has 1 aromatic carbocycles. The summed E-state index contributed by atoms with van der Waals surface area (Å²) in [4.78, 5) is 10.6. The summed E-state index contributed by atoms with van der Waals surface area (Å²) in [7, 11) is 0. The van der Waals surface area contributed by atoms with Gasteiger partial charge in [0.15, 0.2) is 6.61 Å². The highest BCUT2D eigenvalue weighted by atomic mass is 16.5. The predicted molar refractivity (Wildman–Crippen MR) is 72.4 cm³/mol. The average molecular weight is 250 g/mol. The number of carbonyl (C=O) groups is 1. The molecule has 0 fully saturated rings. The van der Waals surface area contributed by atoms with E-state index in [9.17, 15) is 4.79 Å². The Morgan fingerprint density at radius 3 is 2.39 bits per heavy atom. The van der Waals surface area contributed by atoms with Crippen molar-refractivity contribution in [3.8, 4) is 5.75 Å². The van der Waals surface area contributed by atoms with Gasteiger partial charge in [-0.3, -0.25) is 0 Å². The Kier molecular flexibility index (Phi) is 4.38. The van der Waals surface area contributed by atoms with Gasteiger partial charge in [-0.1, -0.05) is 39.8 Å². The normalized spacial score (nSPS) is 11.4. The molecule has 0 heterocycles. The molecule has 0 aromatic heterocycles. The highest BCUT2D eigenvalue weighted by Crippen LogP contribution is 2.31. The molecule has 0 bridgehead atoms. The van der Waals surface area contributed by atoms with E-state index >= 15 is 0 Å². The number of carboxylic acid groups (broad SMARTS) is 1. The predicted octanol–water partition coefficient (Wildman–Crippen LogP) is 3.32. The minimum atomic E-state index is -0.948. The fraction of sp³-hybridized carbons (Fsp3) is 0.533. The standard InChI is InChI=1S/C15H22O3/c1-6-11-8-12(15(3,4)5)7-10(2)14(11)18-9-13(16)17/h7-8H,6,9H2,1-5H3,(H,16,17). The van der Waals surface area contributed by atoms with Gasteiger partial charge in [-0.05, 0) is 35.4 Å². The molecule has 0 aliphatic heterocycles. The second kappa shape index (κ2) is 5.42. The topological polar surface area (TPSA) is 46.5 Å². The van der Waals surface area contributed by atoms with Crippen molar-refractivity contribution in [1.29, 1.82) is 0 Å². The van der Waals surface area contributed by atoms with E-state index in [2.05, 4.69) is 39.8 Å². The van der Waals surface area contributed by atoms with E-state index in [1.807, 2.05) is 6.92 Å². The fourth-order valence-electron chi connectivity index (χ4n) is 1.88. The summed E-state index contributed by atoms with van der Waals surface area (Å²) >= 11 is 0. The smallest absolute Gasteiger partial charge is 0.341 e. The SMILES string of the molecule is CCc1cc(C(C)(C)C)cc(C)c1OCC(=O)O. The molecular weight excluding hydrogens is 228 g/mol. The quantitative estimate of drug-likeness (QED) is 0.891. The van der Waals surface area contributed by atoms with Crippen LogP contribution in [0.4, 0.5) is 0 Å². The maximum atomic E-state index is 10.6. The van der Waals surface area contributed by atoms with Gasteiger partial charge in [0, 0.05) is 0 Å². The van der Waals surface area contributed by atoms with E-state index in [4.69, 9.17) is 9.84 Å². The Morgan fingerprint density at radius 1 is 1.33 bits per heavy atom. The van der Waals surface area contributed by atoms with Crippen molar-refractivity contribution in [1.82, 2.24) is 0 Å². The van der Waals surface area contributed by atoms with Crippen molar-refractivity contribution >= 4 is 5.97 Å². The molecule has 1 N–H and O–H groups in total. The lowest BCUT2D eigenvalue weighted by molar-refractivity contribution is -0.139. The first kappa shape index (κ1) is 14.6. The summed E-state index contributed by atoms with van der Waals surface area (Å²) in [6, 6.07) is 4.19. The monoisotopic (exact) mass is 250 g/mol. The number of aliphatic carboxylic acids is 1. The molecule has 1 aromatic rings. The number of rotatable bonds is 4. The van der Waals surface area contributed by atoms with Crippen LogP contribution in [-0.2, 0) is 16.6 Å². The summed E-state index contributed by atoms with van der Waals surface area (Å²) < 4.78 is 5.39. The zero-order valence-corrected chi connectivity index (χ0v) is 11.8. The first-order valence-electron chi connectivity index (χ1n) is 6.24. The van der Waals surface area contributed by atoms with Crippen LogP contribution in [0, 0.1) is 6.92 Å². The molecule has 100 valence electrons. The Bertz CT molecular complexity index is 442. The third-order valence-corrected chi connectivity index (χ3v) is 2.94. The Morgan fingerprint density at radius 2 is 1.94 bits per heavy atom. The highest BCUT2D eigenvalue weighted by molar-refractivity contribution is 5.68. The first-order valence-corrected chi connectivity index (χ1v) is 6.24. The molecule has 0 saturated carbocycles. The van der Waals surface area contributed by atoms with Crippen molar-refractivity contribution in [2.24, 2.45) is 0 Å². The Labute approximate surface area is 109 Å². The summed E-state index contributed by atoms with van der Waals surface area (Å²) in [5.41, 5.74) is 3.40. The molecule has 0 amide bonds. The van der Waals surface area contributed by atoms with Crippen LogP contribution in [0.3, 0.4) is 0 Å². The first-order chi connectivity index (χ1) is 8.25. The highest BCUT2D eigenvalue weighted by Gasteiger charge is 2.18. The third-order valence-electron chi connectivity index (χ3n) is 2.94. The number of benzene rings is 1. The van der Waals surface area contributed by atoms with Gasteiger partial charge in [-0.25, -0.2) is 4.79 Å². The van der Waals surface area contributed by atoms with Crippen LogP contribution in [-0.4, -0.2) is 17.7 Å². The number of ether oxygens (including phenoxy) is 1. The van der Waals surface area contributed by atoms with E-state index in [0.29, 0.717) is 5.75 Å². The molecule has 3 nitrogen and oxygen atoms in total. The van der Waals surface area contributed by atoms with E-state index in [1.165, 1.54) is 5.56 Å². The van der Waals surface area contributed by atoms with Gasteiger partial charge in [0.2, 0.25) is 0 Å². The number of carboxylic acids is 1. The van der Waals surface area contributed by atoms with Crippen LogP contribution in [0.1, 0.15) is 44.4 Å². The molecule has 0 aliphatic carbocycles. The van der Waals surface area contributed by atoms with Gasteiger partial charge in [-0.15, -0.1) is 0 Å². The zero-order valence-electron chi connectivity index (χ0n) is 11.8. The van der Waals surface area contributed by atoms with Crippen molar-refractivity contribution in [3.05, 3.63) is 28.8 Å². The van der Waals surface area contributed by atoms with Crippen molar-refractivity contribution in [2.45, 2.75) is 46.5 Å². The molecule has 3 heteroatoms. The molecule has 0 atom stereocenters. The number of hydrogen-bond acceptors (Lipinski definition) is 2. The summed E-state index contributed by atoms with van der Waals surface area (Å²) in [6.45, 7) is 10.2. The molecule has 18 heavy (non-hydrogen) atoms. The molecule has 0 spiro atoms. The van der Waals surface area contributed by atoms with Crippen LogP contribution in [0.15, 0.2) is 12.1 Å². The average Bonchev–Trinajstić information content (AvgIpc) is 2.24. The van der Waals surface area contributed by atoms with E-state index in [0.717, 1.165) is 17.5 Å². The molecule has 0 aliphatic rings. The Balaban J connectivity index is 3.16. The van der Waals surface area contributed by atoms with Crippen LogP contribution >= 0.6 is 0 Å². The zero-order chi connectivity index (χ0) is 13.9. The van der Waals surface area contributed by atoms with Gasteiger partial charge in [-0.2, -0.15) is 0 Å². The molecular formula is C15H22O3. The molecule has 0 radical (unpaired) electrons. The second-order valence-corrected chi connectivity index (χ2v) is 5.57. The van der Waals surface area contributed by atoms with Crippen LogP contribution in [0.2, 0.25) is 0 Å². The van der Waals surface area contributed by atoms with E-state index < -0.39 is 5.97 Å². The van der Waals surface area contributed by atoms with Gasteiger partial charge in [0.25, 0.3) is 0 Å². The third kappa shape index (κ3) is 3.49. The largest absolute Gasteiger partial charge is 0.481 e. The Hall–Kier alpha value is -1.51. The lowest BCUT2D eigenvalue weighted by Crippen LogP contribution is -2.15. The molecule has 0 unspecified atom stereocenters. The van der Waals surface area contributed by atoms with Gasteiger partial charge in [0.05, 0.1) is 0 Å². The van der Waals surface area contributed by atoms with Crippen LogP contribution in [0.5, 0.6) is 5.75 Å². The molecule has 0 saturated heterocycles.